The summed E-state index contributed by atoms with van der Waals surface area (Å²) in [5.74, 6) is 0.0752. The van der Waals surface area contributed by atoms with E-state index in [0.29, 0.717) is 13.1 Å². The molecule has 7 heteroatoms. The number of unbranched alkanes of at least 4 members (excludes halogenated alkanes) is 1. The molecule has 1 aromatic carbocycles. The fraction of sp³-hybridized carbons (Fsp3) is 0.556. The topological polar surface area (TPSA) is 64.7 Å². The first-order valence-corrected chi connectivity index (χ1v) is 9.63. The third-order valence-corrected chi connectivity index (χ3v) is 4.89. The minimum absolute atomic E-state index is 0.0161. The maximum atomic E-state index is 12.2. The SMILES string of the molecule is CCCCNC(=O)CN1CCN(CC(=O)Nc2ccccc2Br)CC1. The van der Waals surface area contributed by atoms with Gasteiger partial charge in [0.15, 0.2) is 0 Å². The van der Waals surface area contributed by atoms with E-state index in [4.69, 9.17) is 0 Å². The van der Waals surface area contributed by atoms with Crippen LogP contribution in [-0.4, -0.2) is 67.4 Å². The first-order valence-electron chi connectivity index (χ1n) is 8.84. The minimum atomic E-state index is -0.0161. The molecule has 0 aromatic heterocycles. The van der Waals surface area contributed by atoms with Gasteiger partial charge in [0, 0.05) is 37.2 Å². The molecule has 1 aliphatic rings. The molecule has 1 heterocycles. The van der Waals surface area contributed by atoms with E-state index in [1.807, 2.05) is 24.3 Å². The number of hydrogen-bond donors (Lipinski definition) is 2. The Bertz CT molecular complexity index is 574. The zero-order valence-corrected chi connectivity index (χ0v) is 16.3. The number of para-hydroxylation sites is 1. The molecule has 6 nitrogen and oxygen atoms in total. The second-order valence-electron chi connectivity index (χ2n) is 6.28. The standard InChI is InChI=1S/C18H27BrN4O2/c1-2-3-8-20-17(24)13-22-9-11-23(12-10-22)14-18(25)21-16-7-5-4-6-15(16)19/h4-7H,2-3,8-14H2,1H3,(H,20,24)(H,21,25). The van der Waals surface area contributed by atoms with Gasteiger partial charge in [0.25, 0.3) is 0 Å². The highest BCUT2D eigenvalue weighted by molar-refractivity contribution is 9.10. The molecule has 2 amide bonds. The largest absolute Gasteiger partial charge is 0.355 e. The van der Waals surface area contributed by atoms with Gasteiger partial charge >= 0.3 is 0 Å². The number of halogens is 1. The number of anilines is 1. The van der Waals surface area contributed by atoms with E-state index in [9.17, 15) is 9.59 Å². The summed E-state index contributed by atoms with van der Waals surface area (Å²) in [6.07, 6.45) is 2.10. The Balaban J connectivity index is 1.67. The van der Waals surface area contributed by atoms with Gasteiger partial charge < -0.3 is 10.6 Å². The lowest BCUT2D eigenvalue weighted by Crippen LogP contribution is -2.51. The normalized spacial score (nSPS) is 15.8. The van der Waals surface area contributed by atoms with Crippen LogP contribution in [0.1, 0.15) is 19.8 Å². The lowest BCUT2D eigenvalue weighted by atomic mass is 10.3. The molecule has 2 rings (SSSR count). The van der Waals surface area contributed by atoms with Crippen LogP contribution in [0.3, 0.4) is 0 Å². The summed E-state index contributed by atoms with van der Waals surface area (Å²) in [7, 11) is 0. The van der Waals surface area contributed by atoms with Crippen molar-refractivity contribution in [3.8, 4) is 0 Å². The first kappa shape index (κ1) is 19.9. The van der Waals surface area contributed by atoms with Crippen LogP contribution in [0.4, 0.5) is 5.69 Å². The maximum absolute atomic E-state index is 12.2. The van der Waals surface area contributed by atoms with Crippen LogP contribution in [0.25, 0.3) is 0 Å². The number of amides is 2. The van der Waals surface area contributed by atoms with Crippen molar-refractivity contribution in [2.45, 2.75) is 19.8 Å². The Labute approximate surface area is 158 Å². The average molecular weight is 411 g/mol. The number of benzene rings is 1. The Morgan fingerprint density at radius 2 is 1.64 bits per heavy atom. The summed E-state index contributed by atoms with van der Waals surface area (Å²) in [6.45, 7) is 6.89. The summed E-state index contributed by atoms with van der Waals surface area (Å²) in [4.78, 5) is 28.3. The second kappa shape index (κ2) is 10.5. The number of nitrogens with zero attached hydrogens (tertiary/aromatic N) is 2. The molecule has 1 aliphatic heterocycles. The van der Waals surface area contributed by atoms with Gasteiger partial charge in [-0.1, -0.05) is 25.5 Å². The van der Waals surface area contributed by atoms with E-state index in [1.165, 1.54) is 0 Å². The van der Waals surface area contributed by atoms with Crippen LogP contribution in [0.2, 0.25) is 0 Å². The lowest BCUT2D eigenvalue weighted by molar-refractivity contribution is -0.123. The molecule has 0 atom stereocenters. The maximum Gasteiger partial charge on any atom is 0.238 e. The molecule has 1 saturated heterocycles. The predicted molar refractivity (Wildman–Crippen MR) is 104 cm³/mol. The molecule has 0 radical (unpaired) electrons. The Kier molecular flexibility index (Phi) is 8.37. The van der Waals surface area contributed by atoms with Crippen molar-refractivity contribution in [3.63, 3.8) is 0 Å². The number of carbonyl (C=O) groups is 2. The van der Waals surface area contributed by atoms with E-state index < -0.39 is 0 Å². The van der Waals surface area contributed by atoms with E-state index >= 15 is 0 Å². The summed E-state index contributed by atoms with van der Waals surface area (Å²) in [5, 5.41) is 5.87. The molecular formula is C18H27BrN4O2. The van der Waals surface area contributed by atoms with Crippen molar-refractivity contribution in [1.82, 2.24) is 15.1 Å². The molecule has 25 heavy (non-hydrogen) atoms. The molecule has 0 saturated carbocycles. The van der Waals surface area contributed by atoms with Crippen LogP contribution in [0.15, 0.2) is 28.7 Å². The number of piperazine rings is 1. The fourth-order valence-corrected chi connectivity index (χ4v) is 3.11. The van der Waals surface area contributed by atoms with Crippen molar-refractivity contribution < 1.29 is 9.59 Å². The zero-order chi connectivity index (χ0) is 18.1. The van der Waals surface area contributed by atoms with Gasteiger partial charge in [0.1, 0.15) is 0 Å². The van der Waals surface area contributed by atoms with E-state index in [1.54, 1.807) is 0 Å². The van der Waals surface area contributed by atoms with Crippen molar-refractivity contribution in [2.24, 2.45) is 0 Å². The van der Waals surface area contributed by atoms with Crippen molar-refractivity contribution in [2.75, 3.05) is 51.1 Å². The summed E-state index contributed by atoms with van der Waals surface area (Å²) in [5.41, 5.74) is 0.787. The monoisotopic (exact) mass is 410 g/mol. The molecule has 0 aliphatic carbocycles. The van der Waals surface area contributed by atoms with Gasteiger partial charge in [-0.05, 0) is 34.5 Å². The molecule has 0 unspecified atom stereocenters. The van der Waals surface area contributed by atoms with E-state index in [-0.39, 0.29) is 11.8 Å². The number of carbonyl (C=O) groups excluding carboxylic acids is 2. The number of nitrogens with one attached hydrogen (secondary N) is 2. The van der Waals surface area contributed by atoms with Crippen molar-refractivity contribution in [1.29, 1.82) is 0 Å². The summed E-state index contributed by atoms with van der Waals surface area (Å²) >= 11 is 3.43. The highest BCUT2D eigenvalue weighted by Gasteiger charge is 2.20. The number of hydrogen-bond acceptors (Lipinski definition) is 4. The molecular weight excluding hydrogens is 384 g/mol. The smallest absolute Gasteiger partial charge is 0.238 e. The first-order chi connectivity index (χ1) is 12.1. The highest BCUT2D eigenvalue weighted by atomic mass is 79.9. The second-order valence-corrected chi connectivity index (χ2v) is 7.14. The quantitative estimate of drug-likeness (QED) is 0.642. The van der Waals surface area contributed by atoms with Crippen LogP contribution in [0, 0.1) is 0 Å². The third kappa shape index (κ3) is 7.13. The zero-order valence-electron chi connectivity index (χ0n) is 14.8. The van der Waals surface area contributed by atoms with E-state index in [2.05, 4.69) is 43.3 Å². The van der Waals surface area contributed by atoms with Crippen LogP contribution >= 0.6 is 15.9 Å². The number of rotatable bonds is 8. The minimum Gasteiger partial charge on any atom is -0.355 e. The van der Waals surface area contributed by atoms with Gasteiger partial charge in [0.05, 0.1) is 18.8 Å². The van der Waals surface area contributed by atoms with Crippen molar-refractivity contribution >= 4 is 33.4 Å². The van der Waals surface area contributed by atoms with E-state index in [0.717, 1.165) is 55.7 Å². The van der Waals surface area contributed by atoms with Crippen LogP contribution < -0.4 is 10.6 Å². The molecule has 1 fully saturated rings. The molecule has 0 spiro atoms. The van der Waals surface area contributed by atoms with Gasteiger partial charge in [0.2, 0.25) is 11.8 Å². The molecule has 0 bridgehead atoms. The molecule has 2 N–H and O–H groups in total. The predicted octanol–water partition coefficient (Wildman–Crippen LogP) is 1.92. The Morgan fingerprint density at radius 3 is 2.24 bits per heavy atom. The average Bonchev–Trinajstić information content (AvgIpc) is 2.59. The van der Waals surface area contributed by atoms with Crippen molar-refractivity contribution in [3.05, 3.63) is 28.7 Å². The van der Waals surface area contributed by atoms with Gasteiger partial charge in [-0.2, -0.15) is 0 Å². The summed E-state index contributed by atoms with van der Waals surface area (Å²) in [6, 6.07) is 7.58. The van der Waals surface area contributed by atoms with Crippen LogP contribution in [0.5, 0.6) is 0 Å². The van der Waals surface area contributed by atoms with Crippen LogP contribution in [-0.2, 0) is 9.59 Å². The summed E-state index contributed by atoms with van der Waals surface area (Å²) < 4.78 is 0.877. The van der Waals surface area contributed by atoms with Gasteiger partial charge in [-0.3, -0.25) is 19.4 Å². The molecule has 138 valence electrons. The Hall–Kier alpha value is -1.44. The molecule has 1 aromatic rings. The lowest BCUT2D eigenvalue weighted by Gasteiger charge is -2.33. The van der Waals surface area contributed by atoms with Gasteiger partial charge in [-0.15, -0.1) is 0 Å². The van der Waals surface area contributed by atoms with Gasteiger partial charge in [-0.25, -0.2) is 0 Å². The Morgan fingerprint density at radius 1 is 1.04 bits per heavy atom. The third-order valence-electron chi connectivity index (χ3n) is 4.20. The highest BCUT2D eigenvalue weighted by Crippen LogP contribution is 2.21. The fourth-order valence-electron chi connectivity index (χ4n) is 2.72.